The van der Waals surface area contributed by atoms with E-state index in [9.17, 15) is 9.90 Å². The molecule has 2 aromatic rings. The molecule has 0 saturated carbocycles. The lowest BCUT2D eigenvalue weighted by Gasteiger charge is -2.58. The van der Waals surface area contributed by atoms with Crippen molar-refractivity contribution in [1.82, 2.24) is 10.1 Å². The van der Waals surface area contributed by atoms with Crippen molar-refractivity contribution < 1.29 is 47.4 Å². The molecular formula is C40H59N3O10Si. The van der Waals surface area contributed by atoms with Crippen molar-refractivity contribution in [2.45, 2.75) is 110 Å². The number of hydrogen-bond donors (Lipinski definition) is 1. The molecular weight excluding hydrogens is 711 g/mol. The summed E-state index contributed by atoms with van der Waals surface area (Å²) in [6.07, 6.45) is 1.03. The molecule has 3 aliphatic carbocycles. The number of aliphatic hydroxyl groups is 1. The summed E-state index contributed by atoms with van der Waals surface area (Å²) in [5, 5.41) is 17.0. The Labute approximate surface area is 320 Å². The monoisotopic (exact) mass is 769 g/mol. The number of methoxy groups -OCH3 is 1. The van der Waals surface area contributed by atoms with Crippen LogP contribution in [-0.2, 0) is 20.3 Å². The highest BCUT2D eigenvalue weighted by molar-refractivity contribution is 6.74. The molecule has 13 nitrogen and oxygen atoms in total. The molecule has 14 heteroatoms. The average Bonchev–Trinajstić information content (AvgIpc) is 3.44. The van der Waals surface area contributed by atoms with Crippen molar-refractivity contribution in [1.29, 1.82) is 0 Å². The Balaban J connectivity index is 1.87. The highest BCUT2D eigenvalue weighted by atomic mass is 28.4. The van der Waals surface area contributed by atoms with Gasteiger partial charge in [0.25, 0.3) is 5.88 Å². The standard InChI is InChI=1S/C40H59N3O10Si/c1-15-16-19-49-35-28-32(52-41-35)30(43(10)11)24-21-39(22-48-12)20-23-25(42(8)9)17-18-26(50-36(47)51-37(2,3)4)27(23)31(44)29(39)34(46)40(24,33(28)45)53-54(13,14)38(5,6)7/h17-18,24,30,46H,15-16,19-22H2,1-14H3/t24-,30-,39-,40+/m0/s1. The molecule has 4 atom stereocenters. The van der Waals surface area contributed by atoms with Gasteiger partial charge >= 0.3 is 6.16 Å². The van der Waals surface area contributed by atoms with Crippen LogP contribution in [0.2, 0.25) is 18.1 Å². The van der Waals surface area contributed by atoms with Crippen molar-refractivity contribution in [2.24, 2.45) is 11.3 Å². The molecule has 54 heavy (non-hydrogen) atoms. The number of carbonyl (C=O) groups is 3. The topological polar surface area (TPSA) is 150 Å². The Kier molecular flexibility index (Phi) is 11.1. The number of hydrogen-bond acceptors (Lipinski definition) is 13. The molecule has 0 fully saturated rings. The van der Waals surface area contributed by atoms with Crippen LogP contribution in [0, 0.1) is 11.3 Å². The first-order valence-electron chi connectivity index (χ1n) is 18.7. The second kappa shape index (κ2) is 14.4. The molecule has 0 spiro atoms. The Hall–Kier alpha value is -3.72. The minimum absolute atomic E-state index is 0.00374. The number of benzene rings is 1. The van der Waals surface area contributed by atoms with Crippen LogP contribution in [0.25, 0.3) is 0 Å². The lowest BCUT2D eigenvalue weighted by atomic mass is 9.52. The molecule has 298 valence electrons. The van der Waals surface area contributed by atoms with Gasteiger partial charge in [0.1, 0.15) is 22.7 Å². The van der Waals surface area contributed by atoms with Crippen LogP contribution in [0.3, 0.4) is 0 Å². The predicted molar refractivity (Wildman–Crippen MR) is 206 cm³/mol. The molecule has 1 heterocycles. The number of fused-ring (bicyclic) bond motifs is 4. The summed E-state index contributed by atoms with van der Waals surface area (Å²) in [6, 6.07) is 2.73. The van der Waals surface area contributed by atoms with Gasteiger partial charge in [-0.05, 0) is 95.1 Å². The van der Waals surface area contributed by atoms with E-state index in [1.165, 1.54) is 0 Å². The molecule has 0 saturated heterocycles. The van der Waals surface area contributed by atoms with E-state index in [2.05, 4.69) is 25.9 Å². The second-order valence-corrected chi connectivity index (χ2v) is 22.6. The lowest BCUT2D eigenvalue weighted by Crippen LogP contribution is -2.66. The Morgan fingerprint density at radius 3 is 2.30 bits per heavy atom. The van der Waals surface area contributed by atoms with Crippen LogP contribution in [0.15, 0.2) is 28.0 Å². The van der Waals surface area contributed by atoms with E-state index in [1.807, 2.05) is 58.0 Å². The Bertz CT molecular complexity index is 1840. The van der Waals surface area contributed by atoms with E-state index in [1.54, 1.807) is 40.0 Å². The van der Waals surface area contributed by atoms with Gasteiger partial charge in [0, 0.05) is 38.2 Å². The fourth-order valence-electron chi connectivity index (χ4n) is 8.03. The summed E-state index contributed by atoms with van der Waals surface area (Å²) in [7, 11) is 6.11. The summed E-state index contributed by atoms with van der Waals surface area (Å²) in [6.45, 7) is 17.7. The number of Topliss-reactive ketones (excluding diaryl/α,β-unsaturated/α-hetero) is 2. The maximum absolute atomic E-state index is 15.5. The van der Waals surface area contributed by atoms with Gasteiger partial charge in [-0.2, -0.15) is 0 Å². The van der Waals surface area contributed by atoms with E-state index in [-0.39, 0.29) is 47.8 Å². The normalized spacial score (nSPS) is 24.1. The SMILES string of the molecule is CCCCOc1noc2c1C(=O)[C@@]1(O[Si](C)(C)C(C)(C)C)C(O)=C3C(=O)c4c(OC(=O)OC(C)(C)C)ccc(N(C)C)c4C[C@@]3(COC)C[C@H]1[C@@H]2N(C)C. The van der Waals surface area contributed by atoms with Crippen molar-refractivity contribution in [2.75, 3.05) is 53.4 Å². The number of ether oxygens (including phenoxy) is 4. The van der Waals surface area contributed by atoms with Gasteiger partial charge in [-0.3, -0.25) is 14.5 Å². The van der Waals surface area contributed by atoms with Gasteiger partial charge < -0.3 is 37.9 Å². The van der Waals surface area contributed by atoms with E-state index < -0.39 is 65.4 Å². The third kappa shape index (κ3) is 6.88. The Morgan fingerprint density at radius 1 is 1.07 bits per heavy atom. The number of nitrogens with zero attached hydrogens (tertiary/aromatic N) is 3. The first-order valence-corrected chi connectivity index (χ1v) is 21.6. The zero-order valence-corrected chi connectivity index (χ0v) is 35.5. The Morgan fingerprint density at radius 2 is 1.74 bits per heavy atom. The molecule has 3 aliphatic rings. The molecule has 0 amide bonds. The van der Waals surface area contributed by atoms with Crippen LogP contribution >= 0.6 is 0 Å². The van der Waals surface area contributed by atoms with Crippen molar-refractivity contribution in [3.63, 3.8) is 0 Å². The number of anilines is 1. The van der Waals surface area contributed by atoms with Crippen LogP contribution < -0.4 is 14.4 Å². The number of unbranched alkanes of at least 4 members (excludes halogenated alkanes) is 1. The maximum atomic E-state index is 15.5. The smallest absolute Gasteiger partial charge is 0.508 e. The fourth-order valence-corrected chi connectivity index (χ4v) is 9.48. The molecule has 1 aromatic heterocycles. The largest absolute Gasteiger partial charge is 0.514 e. The quantitative estimate of drug-likeness (QED) is 0.103. The summed E-state index contributed by atoms with van der Waals surface area (Å²) >= 11 is 0. The number of ketones is 2. The third-order valence-electron chi connectivity index (χ3n) is 11.4. The molecule has 5 rings (SSSR count). The van der Waals surface area contributed by atoms with Gasteiger partial charge in [-0.25, -0.2) is 4.79 Å². The van der Waals surface area contributed by atoms with Crippen molar-refractivity contribution >= 4 is 31.7 Å². The highest BCUT2D eigenvalue weighted by Crippen LogP contribution is 2.63. The first-order chi connectivity index (χ1) is 25.0. The van der Waals surface area contributed by atoms with Crippen LogP contribution in [0.5, 0.6) is 11.6 Å². The highest BCUT2D eigenvalue weighted by Gasteiger charge is 2.70. The van der Waals surface area contributed by atoms with Gasteiger partial charge in [0.15, 0.2) is 25.5 Å². The number of aromatic nitrogens is 1. The van der Waals surface area contributed by atoms with Crippen molar-refractivity contribution in [3.05, 3.63) is 45.9 Å². The van der Waals surface area contributed by atoms with Crippen LogP contribution in [0.4, 0.5) is 10.5 Å². The van der Waals surface area contributed by atoms with E-state index in [4.69, 9.17) is 27.9 Å². The lowest BCUT2D eigenvalue weighted by molar-refractivity contribution is -0.0695. The van der Waals surface area contributed by atoms with E-state index in [0.717, 1.165) is 18.5 Å². The molecule has 0 bridgehead atoms. The summed E-state index contributed by atoms with van der Waals surface area (Å²) in [5.41, 5.74) is -2.46. The van der Waals surface area contributed by atoms with Gasteiger partial charge in [-0.1, -0.05) is 34.1 Å². The molecule has 0 radical (unpaired) electrons. The average molecular weight is 770 g/mol. The second-order valence-electron chi connectivity index (χ2n) is 17.9. The summed E-state index contributed by atoms with van der Waals surface area (Å²) in [4.78, 5) is 47.8. The third-order valence-corrected chi connectivity index (χ3v) is 15.8. The molecule has 1 N–H and O–H groups in total. The summed E-state index contributed by atoms with van der Waals surface area (Å²) < 4.78 is 36.5. The van der Waals surface area contributed by atoms with Gasteiger partial charge in [-0.15, -0.1) is 0 Å². The van der Waals surface area contributed by atoms with E-state index >= 15 is 9.59 Å². The van der Waals surface area contributed by atoms with Crippen LogP contribution in [-0.4, -0.2) is 101 Å². The molecule has 1 aromatic carbocycles. The number of carbonyl (C=O) groups excluding carboxylic acids is 3. The van der Waals surface area contributed by atoms with Crippen molar-refractivity contribution in [3.8, 4) is 11.6 Å². The zero-order valence-electron chi connectivity index (χ0n) is 34.5. The fraction of sp³-hybridized carbons (Fsp3) is 0.650. The maximum Gasteiger partial charge on any atom is 0.514 e. The number of aliphatic hydroxyl groups excluding tert-OH is 1. The number of rotatable bonds is 11. The van der Waals surface area contributed by atoms with Crippen LogP contribution in [0.1, 0.15) is 106 Å². The summed E-state index contributed by atoms with van der Waals surface area (Å²) in [5.74, 6) is -2.05. The van der Waals surface area contributed by atoms with Gasteiger partial charge in [0.05, 0.1) is 30.4 Å². The van der Waals surface area contributed by atoms with Gasteiger partial charge in [0.2, 0.25) is 5.78 Å². The zero-order chi connectivity index (χ0) is 40.3. The molecule has 0 aliphatic heterocycles. The predicted octanol–water partition coefficient (Wildman–Crippen LogP) is 7.70. The first kappa shape index (κ1) is 41.4. The minimum Gasteiger partial charge on any atom is -0.508 e. The minimum atomic E-state index is -2.94. The molecule has 0 unspecified atom stereocenters. The van der Waals surface area contributed by atoms with E-state index in [0.29, 0.717) is 17.9 Å².